The Morgan fingerprint density at radius 2 is 2.04 bits per heavy atom. The van der Waals surface area contributed by atoms with Crippen LogP contribution in [0.5, 0.6) is 0 Å². The van der Waals surface area contributed by atoms with E-state index >= 15 is 0 Å². The van der Waals surface area contributed by atoms with Gasteiger partial charge in [-0.25, -0.2) is 4.39 Å². The summed E-state index contributed by atoms with van der Waals surface area (Å²) in [6.07, 6.45) is 1.14. The normalized spacial score (nSPS) is 18.1. The minimum absolute atomic E-state index is 0.0463. The molecule has 1 aromatic carbocycles. The minimum Gasteiger partial charge on any atom is -0.381 e. The van der Waals surface area contributed by atoms with E-state index in [1.54, 1.807) is 17.4 Å². The SMILES string of the molecule is Cc1ccc([C@H](C)NC(=O)C2(c3cccc(F)c3)CCOCC2)s1. The number of nitrogens with one attached hydrogen (secondary N) is 1. The molecule has 0 spiro atoms. The van der Waals surface area contributed by atoms with Gasteiger partial charge in [-0.05, 0) is 56.5 Å². The Morgan fingerprint density at radius 3 is 2.67 bits per heavy atom. The van der Waals surface area contributed by atoms with Crippen LogP contribution >= 0.6 is 11.3 Å². The molecule has 0 radical (unpaired) electrons. The maximum absolute atomic E-state index is 13.7. The lowest BCUT2D eigenvalue weighted by Gasteiger charge is -2.37. The molecule has 1 aliphatic heterocycles. The number of thiophene rings is 1. The van der Waals surface area contributed by atoms with E-state index in [0.29, 0.717) is 26.1 Å². The van der Waals surface area contributed by atoms with Crippen LogP contribution in [0.15, 0.2) is 36.4 Å². The van der Waals surface area contributed by atoms with Crippen LogP contribution in [0.2, 0.25) is 0 Å². The van der Waals surface area contributed by atoms with Crippen LogP contribution in [0, 0.1) is 12.7 Å². The molecule has 3 nitrogen and oxygen atoms in total. The van der Waals surface area contributed by atoms with E-state index in [4.69, 9.17) is 4.74 Å². The zero-order valence-corrected chi connectivity index (χ0v) is 14.8. The van der Waals surface area contributed by atoms with Crippen molar-refractivity contribution in [3.63, 3.8) is 0 Å². The van der Waals surface area contributed by atoms with Gasteiger partial charge >= 0.3 is 0 Å². The van der Waals surface area contributed by atoms with E-state index < -0.39 is 5.41 Å². The third kappa shape index (κ3) is 3.37. The van der Waals surface area contributed by atoms with Gasteiger partial charge in [0.1, 0.15) is 5.82 Å². The first-order chi connectivity index (χ1) is 11.5. The molecule has 1 saturated heterocycles. The van der Waals surface area contributed by atoms with Crippen molar-refractivity contribution in [2.75, 3.05) is 13.2 Å². The van der Waals surface area contributed by atoms with E-state index in [-0.39, 0.29) is 17.8 Å². The summed E-state index contributed by atoms with van der Waals surface area (Å²) in [5, 5.41) is 3.13. The largest absolute Gasteiger partial charge is 0.381 e. The number of carbonyl (C=O) groups is 1. The first-order valence-electron chi connectivity index (χ1n) is 8.22. The first kappa shape index (κ1) is 17.1. The van der Waals surface area contributed by atoms with Crippen LogP contribution in [-0.4, -0.2) is 19.1 Å². The van der Waals surface area contributed by atoms with Crippen molar-refractivity contribution in [2.45, 2.75) is 38.1 Å². The number of hydrogen-bond donors (Lipinski definition) is 1. The van der Waals surface area contributed by atoms with Gasteiger partial charge in [-0.15, -0.1) is 11.3 Å². The molecule has 1 amide bonds. The summed E-state index contributed by atoms with van der Waals surface area (Å²) in [7, 11) is 0. The third-order valence-corrected chi connectivity index (χ3v) is 5.88. The summed E-state index contributed by atoms with van der Waals surface area (Å²) in [5.74, 6) is -0.358. The van der Waals surface area contributed by atoms with E-state index in [2.05, 4.69) is 18.3 Å². The van der Waals surface area contributed by atoms with Gasteiger partial charge in [-0.2, -0.15) is 0 Å². The van der Waals surface area contributed by atoms with Crippen molar-refractivity contribution in [1.29, 1.82) is 0 Å². The predicted octanol–water partition coefficient (Wildman–Crippen LogP) is 4.12. The molecular formula is C19H22FNO2S. The summed E-state index contributed by atoms with van der Waals surface area (Å²) in [6.45, 7) is 5.06. The number of carbonyl (C=O) groups excluding carboxylic acids is 1. The number of halogens is 1. The number of rotatable bonds is 4. The zero-order chi connectivity index (χ0) is 17.2. The molecule has 1 aromatic heterocycles. The van der Waals surface area contributed by atoms with E-state index in [9.17, 15) is 9.18 Å². The Hall–Kier alpha value is -1.72. The van der Waals surface area contributed by atoms with Crippen molar-refractivity contribution in [1.82, 2.24) is 5.32 Å². The van der Waals surface area contributed by atoms with Crippen LogP contribution in [0.4, 0.5) is 4.39 Å². The fourth-order valence-corrected chi connectivity index (χ4v) is 4.12. The molecule has 2 aromatic rings. The molecule has 0 unspecified atom stereocenters. The molecule has 2 heterocycles. The van der Waals surface area contributed by atoms with Gasteiger partial charge in [-0.3, -0.25) is 4.79 Å². The molecule has 128 valence electrons. The third-order valence-electron chi connectivity index (χ3n) is 4.69. The molecule has 1 fully saturated rings. The highest BCUT2D eigenvalue weighted by atomic mass is 32.1. The quantitative estimate of drug-likeness (QED) is 0.903. The molecule has 0 aliphatic carbocycles. The average molecular weight is 347 g/mol. The summed E-state index contributed by atoms with van der Waals surface area (Å²) < 4.78 is 19.2. The van der Waals surface area contributed by atoms with E-state index in [1.807, 2.05) is 19.1 Å². The second-order valence-electron chi connectivity index (χ2n) is 6.35. The fraction of sp³-hybridized carbons (Fsp3) is 0.421. The maximum Gasteiger partial charge on any atom is 0.231 e. The molecule has 24 heavy (non-hydrogen) atoms. The second kappa shape index (κ2) is 7.03. The van der Waals surface area contributed by atoms with Crippen LogP contribution < -0.4 is 5.32 Å². The Morgan fingerprint density at radius 1 is 1.29 bits per heavy atom. The number of aryl methyl sites for hydroxylation is 1. The standard InChI is InChI=1S/C19H22FNO2S/c1-13-6-7-17(24-13)14(2)21-18(22)19(8-10-23-11-9-19)15-4-3-5-16(20)12-15/h3-7,12,14H,8-11H2,1-2H3,(H,21,22)/t14-/m0/s1. The lowest BCUT2D eigenvalue weighted by atomic mass is 9.73. The molecule has 5 heteroatoms. The fourth-order valence-electron chi connectivity index (χ4n) is 3.24. The second-order valence-corrected chi connectivity index (χ2v) is 7.67. The topological polar surface area (TPSA) is 38.3 Å². The monoisotopic (exact) mass is 347 g/mol. The number of benzene rings is 1. The van der Waals surface area contributed by atoms with Gasteiger partial charge < -0.3 is 10.1 Å². The van der Waals surface area contributed by atoms with Gasteiger partial charge in [0.15, 0.2) is 0 Å². The Labute approximate surface area is 145 Å². The number of amides is 1. The highest BCUT2D eigenvalue weighted by molar-refractivity contribution is 7.12. The number of ether oxygens (including phenoxy) is 1. The summed E-state index contributed by atoms with van der Waals surface area (Å²) in [5.41, 5.74) is 0.0128. The highest BCUT2D eigenvalue weighted by Crippen LogP contribution is 2.36. The molecule has 1 aliphatic rings. The zero-order valence-electron chi connectivity index (χ0n) is 14.0. The van der Waals surface area contributed by atoms with Crippen LogP contribution in [0.25, 0.3) is 0 Å². The number of hydrogen-bond acceptors (Lipinski definition) is 3. The van der Waals surface area contributed by atoms with Gasteiger partial charge in [-0.1, -0.05) is 12.1 Å². The van der Waals surface area contributed by atoms with Crippen molar-refractivity contribution in [2.24, 2.45) is 0 Å². The van der Waals surface area contributed by atoms with Crippen molar-refractivity contribution in [3.8, 4) is 0 Å². The highest BCUT2D eigenvalue weighted by Gasteiger charge is 2.42. The van der Waals surface area contributed by atoms with Crippen LogP contribution in [0.3, 0.4) is 0 Å². The summed E-state index contributed by atoms with van der Waals surface area (Å²) >= 11 is 1.68. The summed E-state index contributed by atoms with van der Waals surface area (Å²) in [4.78, 5) is 15.5. The molecule has 0 saturated carbocycles. The molecule has 3 rings (SSSR count). The van der Waals surface area contributed by atoms with Gasteiger partial charge in [0.05, 0.1) is 11.5 Å². The minimum atomic E-state index is -0.721. The smallest absolute Gasteiger partial charge is 0.231 e. The van der Waals surface area contributed by atoms with Gasteiger partial charge in [0.2, 0.25) is 5.91 Å². The van der Waals surface area contributed by atoms with E-state index in [1.165, 1.54) is 17.0 Å². The van der Waals surface area contributed by atoms with Gasteiger partial charge in [0.25, 0.3) is 0 Å². The van der Waals surface area contributed by atoms with E-state index in [0.717, 1.165) is 10.4 Å². The van der Waals surface area contributed by atoms with Crippen molar-refractivity contribution in [3.05, 3.63) is 57.5 Å². The lowest BCUT2D eigenvalue weighted by Crippen LogP contribution is -2.48. The average Bonchev–Trinajstić information content (AvgIpc) is 3.02. The first-order valence-corrected chi connectivity index (χ1v) is 9.04. The molecule has 1 atom stereocenters. The Kier molecular flexibility index (Phi) is 5.01. The van der Waals surface area contributed by atoms with Crippen molar-refractivity contribution < 1.29 is 13.9 Å². The molecule has 0 bridgehead atoms. The maximum atomic E-state index is 13.7. The van der Waals surface area contributed by atoms with Crippen LogP contribution in [0.1, 0.15) is 41.1 Å². The Bertz CT molecular complexity index is 722. The predicted molar refractivity (Wildman–Crippen MR) is 93.7 cm³/mol. The van der Waals surface area contributed by atoms with Gasteiger partial charge in [0, 0.05) is 23.0 Å². The van der Waals surface area contributed by atoms with Crippen molar-refractivity contribution >= 4 is 17.2 Å². The summed E-state index contributed by atoms with van der Waals surface area (Å²) in [6, 6.07) is 10.4. The Balaban J connectivity index is 1.87. The molecule has 1 N–H and O–H groups in total. The van der Waals surface area contributed by atoms with Crippen LogP contribution in [-0.2, 0) is 14.9 Å². The molecular weight excluding hydrogens is 325 g/mol. The lowest BCUT2D eigenvalue weighted by molar-refractivity contribution is -0.131.